The zero-order chi connectivity index (χ0) is 20.0. The molecule has 0 aromatic heterocycles. The first-order chi connectivity index (χ1) is 13.5. The summed E-state index contributed by atoms with van der Waals surface area (Å²) in [6, 6.07) is 16.5. The van der Waals surface area contributed by atoms with Gasteiger partial charge < -0.3 is 4.90 Å². The molecule has 150 valence electrons. The number of hydrogen-bond acceptors (Lipinski definition) is 4. The van der Waals surface area contributed by atoms with Gasteiger partial charge in [-0.1, -0.05) is 54.1 Å². The molecule has 0 bridgehead atoms. The van der Waals surface area contributed by atoms with Crippen molar-refractivity contribution in [2.75, 3.05) is 32.7 Å². The number of hydrogen-bond donors (Lipinski definition) is 1. The van der Waals surface area contributed by atoms with Crippen LogP contribution in [0, 0.1) is 0 Å². The van der Waals surface area contributed by atoms with Crippen LogP contribution >= 0.6 is 11.6 Å². The third-order valence-electron chi connectivity index (χ3n) is 4.73. The molecule has 1 aliphatic rings. The maximum Gasteiger partial charge on any atom is 0.242 e. The Balaban J connectivity index is 1.43. The van der Waals surface area contributed by atoms with Crippen LogP contribution in [0.2, 0.25) is 5.02 Å². The summed E-state index contributed by atoms with van der Waals surface area (Å²) in [7, 11) is -3.72. The van der Waals surface area contributed by atoms with Crippen LogP contribution in [-0.4, -0.2) is 56.8 Å². The molecule has 28 heavy (non-hydrogen) atoms. The van der Waals surface area contributed by atoms with Crippen molar-refractivity contribution in [1.82, 2.24) is 14.5 Å². The highest BCUT2D eigenvalue weighted by Gasteiger charge is 2.22. The van der Waals surface area contributed by atoms with Crippen LogP contribution in [0.4, 0.5) is 0 Å². The van der Waals surface area contributed by atoms with Crippen molar-refractivity contribution in [2.24, 2.45) is 0 Å². The van der Waals surface area contributed by atoms with E-state index in [1.54, 1.807) is 17.0 Å². The summed E-state index contributed by atoms with van der Waals surface area (Å²) in [5, 5.41) is 0.163. The minimum Gasteiger partial charge on any atom is -0.340 e. The molecule has 1 fully saturated rings. The molecule has 1 aliphatic heterocycles. The van der Waals surface area contributed by atoms with Crippen LogP contribution in [0.15, 0.2) is 59.5 Å². The quantitative estimate of drug-likeness (QED) is 0.745. The van der Waals surface area contributed by atoms with Gasteiger partial charge in [0, 0.05) is 45.7 Å². The summed E-state index contributed by atoms with van der Waals surface area (Å²) in [5.74, 6) is -0.0405. The van der Waals surface area contributed by atoms with Crippen LogP contribution in [0.5, 0.6) is 0 Å². The molecule has 2 aromatic rings. The second-order valence-electron chi connectivity index (χ2n) is 6.72. The molecule has 0 radical (unpaired) electrons. The molecule has 3 rings (SSSR count). The number of benzene rings is 2. The van der Waals surface area contributed by atoms with Crippen LogP contribution in [0.3, 0.4) is 0 Å². The highest BCUT2D eigenvalue weighted by molar-refractivity contribution is 7.89. The predicted octanol–water partition coefficient (Wildman–Crippen LogP) is 2.35. The highest BCUT2D eigenvalue weighted by Crippen LogP contribution is 2.20. The Hall–Kier alpha value is -1.93. The summed E-state index contributed by atoms with van der Waals surface area (Å²) >= 11 is 5.94. The second-order valence-corrected chi connectivity index (χ2v) is 8.86. The van der Waals surface area contributed by atoms with E-state index in [-0.39, 0.29) is 28.8 Å². The maximum absolute atomic E-state index is 12.4. The number of carbonyl (C=O) groups excluding carboxylic acids is 1. The number of amides is 1. The first-order valence-corrected chi connectivity index (χ1v) is 11.1. The average molecular weight is 422 g/mol. The Bertz CT molecular complexity index is 898. The van der Waals surface area contributed by atoms with E-state index in [0.717, 1.165) is 19.6 Å². The SMILES string of the molecule is O=C(CCNS(=O)(=O)c1ccccc1Cl)N1CCN(Cc2ccccc2)CC1. The Morgan fingerprint density at radius 2 is 1.61 bits per heavy atom. The maximum atomic E-state index is 12.4. The lowest BCUT2D eigenvalue weighted by Gasteiger charge is -2.34. The van der Waals surface area contributed by atoms with Crippen LogP contribution in [0.1, 0.15) is 12.0 Å². The smallest absolute Gasteiger partial charge is 0.242 e. The number of halogens is 1. The zero-order valence-electron chi connectivity index (χ0n) is 15.6. The van der Waals surface area contributed by atoms with Gasteiger partial charge in [-0.15, -0.1) is 0 Å². The third kappa shape index (κ3) is 5.54. The van der Waals surface area contributed by atoms with E-state index in [2.05, 4.69) is 21.8 Å². The molecule has 1 heterocycles. The number of piperazine rings is 1. The monoisotopic (exact) mass is 421 g/mol. The summed E-state index contributed by atoms with van der Waals surface area (Å²) < 4.78 is 27.1. The molecule has 6 nitrogen and oxygen atoms in total. The molecule has 0 unspecified atom stereocenters. The lowest BCUT2D eigenvalue weighted by atomic mass is 10.2. The van der Waals surface area contributed by atoms with Gasteiger partial charge in [-0.3, -0.25) is 9.69 Å². The van der Waals surface area contributed by atoms with Crippen LogP contribution in [0.25, 0.3) is 0 Å². The zero-order valence-corrected chi connectivity index (χ0v) is 17.1. The van der Waals surface area contributed by atoms with Gasteiger partial charge >= 0.3 is 0 Å². The first kappa shape index (κ1) is 20.8. The molecule has 0 spiro atoms. The molecule has 1 amide bonds. The van der Waals surface area contributed by atoms with E-state index in [4.69, 9.17) is 11.6 Å². The lowest BCUT2D eigenvalue weighted by Crippen LogP contribution is -2.48. The van der Waals surface area contributed by atoms with Gasteiger partial charge in [-0.05, 0) is 17.7 Å². The second kappa shape index (κ2) is 9.52. The van der Waals surface area contributed by atoms with Crippen molar-refractivity contribution >= 4 is 27.5 Å². The predicted molar refractivity (Wildman–Crippen MR) is 110 cm³/mol. The van der Waals surface area contributed by atoms with Crippen molar-refractivity contribution in [3.63, 3.8) is 0 Å². The topological polar surface area (TPSA) is 69.7 Å². The lowest BCUT2D eigenvalue weighted by molar-refractivity contribution is -0.132. The third-order valence-corrected chi connectivity index (χ3v) is 6.69. The molecule has 0 atom stereocenters. The van der Waals surface area contributed by atoms with Gasteiger partial charge in [0.1, 0.15) is 4.90 Å². The summed E-state index contributed by atoms with van der Waals surface area (Å²) in [5.41, 5.74) is 1.26. The van der Waals surface area contributed by atoms with Gasteiger partial charge in [0.25, 0.3) is 0 Å². The number of rotatable bonds is 7. The normalized spacial score (nSPS) is 15.5. The van der Waals surface area contributed by atoms with Crippen molar-refractivity contribution in [1.29, 1.82) is 0 Å². The van der Waals surface area contributed by atoms with Gasteiger partial charge in [-0.2, -0.15) is 0 Å². The highest BCUT2D eigenvalue weighted by atomic mass is 35.5. The molecule has 0 saturated carbocycles. The van der Waals surface area contributed by atoms with E-state index in [0.29, 0.717) is 13.1 Å². The van der Waals surface area contributed by atoms with Gasteiger partial charge in [0.05, 0.1) is 5.02 Å². The van der Waals surface area contributed by atoms with Crippen molar-refractivity contribution in [3.8, 4) is 0 Å². The molecule has 2 aromatic carbocycles. The van der Waals surface area contributed by atoms with Crippen LogP contribution < -0.4 is 4.72 Å². The van der Waals surface area contributed by atoms with Gasteiger partial charge in [0.15, 0.2) is 0 Å². The van der Waals surface area contributed by atoms with E-state index in [1.165, 1.54) is 17.7 Å². The minimum atomic E-state index is -3.72. The molecular formula is C20H24ClN3O3S. The number of nitrogens with one attached hydrogen (secondary N) is 1. The number of nitrogens with zero attached hydrogens (tertiary/aromatic N) is 2. The Morgan fingerprint density at radius 1 is 0.964 bits per heavy atom. The molecule has 1 saturated heterocycles. The van der Waals surface area contributed by atoms with Crippen molar-refractivity contribution in [3.05, 3.63) is 65.2 Å². The molecule has 8 heteroatoms. The largest absolute Gasteiger partial charge is 0.340 e. The van der Waals surface area contributed by atoms with Crippen molar-refractivity contribution in [2.45, 2.75) is 17.9 Å². The fraction of sp³-hybridized carbons (Fsp3) is 0.350. The fourth-order valence-corrected chi connectivity index (χ4v) is 4.74. The molecule has 0 aliphatic carbocycles. The summed E-state index contributed by atoms with van der Waals surface area (Å²) in [6.07, 6.45) is 0.127. The van der Waals surface area contributed by atoms with Crippen LogP contribution in [-0.2, 0) is 21.4 Å². The van der Waals surface area contributed by atoms with E-state index < -0.39 is 10.0 Å². The van der Waals surface area contributed by atoms with Gasteiger partial charge in [0.2, 0.25) is 15.9 Å². The number of sulfonamides is 1. The molecule has 1 N–H and O–H groups in total. The van der Waals surface area contributed by atoms with E-state index in [9.17, 15) is 13.2 Å². The van der Waals surface area contributed by atoms with E-state index in [1.807, 2.05) is 18.2 Å². The Morgan fingerprint density at radius 3 is 2.29 bits per heavy atom. The summed E-state index contributed by atoms with van der Waals surface area (Å²) in [4.78, 5) is 16.5. The van der Waals surface area contributed by atoms with E-state index >= 15 is 0 Å². The fourth-order valence-electron chi connectivity index (χ4n) is 3.19. The first-order valence-electron chi connectivity index (χ1n) is 9.24. The Kier molecular flexibility index (Phi) is 7.07. The van der Waals surface area contributed by atoms with Gasteiger partial charge in [-0.25, -0.2) is 13.1 Å². The molecular weight excluding hydrogens is 398 g/mol. The summed E-state index contributed by atoms with van der Waals surface area (Å²) in [6.45, 7) is 3.86. The standard InChI is InChI=1S/C20H24ClN3O3S/c21-18-8-4-5-9-19(18)28(26,27)22-11-10-20(25)24-14-12-23(13-15-24)16-17-6-2-1-3-7-17/h1-9,22H,10-16H2. The van der Waals surface area contributed by atoms with Crippen molar-refractivity contribution < 1.29 is 13.2 Å². The number of carbonyl (C=O) groups is 1. The average Bonchev–Trinajstić information content (AvgIpc) is 2.69. The minimum absolute atomic E-state index is 0.0265. The Labute approximate surface area is 171 Å².